The first-order valence-corrected chi connectivity index (χ1v) is 10.9. The number of nitrogens with one attached hydrogen (secondary N) is 1. The molecule has 7 nitrogen and oxygen atoms in total. The second-order valence-electron chi connectivity index (χ2n) is 8.19. The van der Waals surface area contributed by atoms with Gasteiger partial charge in [-0.3, -0.25) is 14.5 Å². The maximum Gasteiger partial charge on any atom is 0.238 e. The first kappa shape index (κ1) is 21.2. The molecule has 2 heterocycles. The fourth-order valence-electron chi connectivity index (χ4n) is 4.28. The number of nitrogens with zero attached hydrogens (tertiary/aromatic N) is 3. The monoisotopic (exact) mass is 422 g/mol. The van der Waals surface area contributed by atoms with Crippen LogP contribution >= 0.6 is 0 Å². The third-order valence-electron chi connectivity index (χ3n) is 5.77. The smallest absolute Gasteiger partial charge is 0.238 e. The van der Waals surface area contributed by atoms with Crippen LogP contribution < -0.4 is 19.9 Å². The summed E-state index contributed by atoms with van der Waals surface area (Å²) in [6, 6.07) is 15.5. The van der Waals surface area contributed by atoms with Crippen LogP contribution in [0.4, 0.5) is 17.1 Å². The molecule has 4 rings (SSSR count). The number of rotatable bonds is 7. The van der Waals surface area contributed by atoms with Crippen molar-refractivity contribution >= 4 is 28.9 Å². The molecule has 2 aromatic rings. The second kappa shape index (κ2) is 9.39. The highest BCUT2D eigenvalue weighted by Gasteiger charge is 2.26. The van der Waals surface area contributed by atoms with E-state index in [4.69, 9.17) is 4.74 Å². The topological polar surface area (TPSA) is 65.1 Å². The average Bonchev–Trinajstić information content (AvgIpc) is 3.19. The molecule has 1 atom stereocenters. The van der Waals surface area contributed by atoms with E-state index in [1.54, 1.807) is 4.90 Å². The van der Waals surface area contributed by atoms with Crippen LogP contribution in [0.5, 0.6) is 5.75 Å². The van der Waals surface area contributed by atoms with Crippen LogP contribution in [0.3, 0.4) is 0 Å². The Bertz CT molecular complexity index is 931. The van der Waals surface area contributed by atoms with E-state index in [1.165, 1.54) is 0 Å². The van der Waals surface area contributed by atoms with E-state index >= 15 is 0 Å². The molecule has 2 aliphatic rings. The molecule has 2 amide bonds. The Labute approximate surface area is 183 Å². The number of carbonyl (C=O) groups is 2. The molecule has 0 unspecified atom stereocenters. The number of amides is 2. The van der Waals surface area contributed by atoms with E-state index in [1.807, 2.05) is 54.4 Å². The summed E-state index contributed by atoms with van der Waals surface area (Å²) < 4.78 is 6.16. The van der Waals surface area contributed by atoms with Crippen LogP contribution in [-0.4, -0.2) is 62.6 Å². The molecular weight excluding hydrogens is 392 g/mol. The van der Waals surface area contributed by atoms with E-state index in [0.29, 0.717) is 13.0 Å². The lowest BCUT2D eigenvalue weighted by Crippen LogP contribution is -2.46. The summed E-state index contributed by atoms with van der Waals surface area (Å²) in [5.74, 6) is 0.985. The van der Waals surface area contributed by atoms with Crippen molar-refractivity contribution in [3.05, 3.63) is 48.5 Å². The Hall–Kier alpha value is -3.06. The molecule has 31 heavy (non-hydrogen) atoms. The Morgan fingerprint density at radius 1 is 1.19 bits per heavy atom. The lowest BCUT2D eigenvalue weighted by Gasteiger charge is -2.37. The van der Waals surface area contributed by atoms with Gasteiger partial charge in [0.2, 0.25) is 11.8 Å². The largest absolute Gasteiger partial charge is 0.485 e. The van der Waals surface area contributed by atoms with Gasteiger partial charge in [-0.2, -0.15) is 0 Å². The number of fused-ring (bicyclic) bond motifs is 1. The first-order chi connectivity index (χ1) is 15.0. The van der Waals surface area contributed by atoms with Gasteiger partial charge < -0.3 is 19.9 Å². The van der Waals surface area contributed by atoms with Crippen LogP contribution in [0.25, 0.3) is 0 Å². The molecule has 0 radical (unpaired) electrons. The Morgan fingerprint density at radius 3 is 2.68 bits per heavy atom. The van der Waals surface area contributed by atoms with Crippen LogP contribution in [0, 0.1) is 0 Å². The molecule has 7 heteroatoms. The molecule has 2 aliphatic heterocycles. The number of benzene rings is 2. The van der Waals surface area contributed by atoms with E-state index in [2.05, 4.69) is 23.2 Å². The van der Waals surface area contributed by atoms with Gasteiger partial charge in [-0.05, 0) is 56.8 Å². The quantitative estimate of drug-likeness (QED) is 0.743. The highest BCUT2D eigenvalue weighted by atomic mass is 16.5. The zero-order valence-electron chi connectivity index (χ0n) is 18.2. The van der Waals surface area contributed by atoms with Gasteiger partial charge in [-0.1, -0.05) is 12.1 Å². The van der Waals surface area contributed by atoms with Crippen LogP contribution in [0.15, 0.2) is 48.5 Å². The van der Waals surface area contributed by atoms with Crippen molar-refractivity contribution in [2.75, 3.05) is 54.9 Å². The van der Waals surface area contributed by atoms with Gasteiger partial charge in [0.15, 0.2) is 0 Å². The molecule has 0 saturated carbocycles. The minimum atomic E-state index is -0.0731. The van der Waals surface area contributed by atoms with Gasteiger partial charge >= 0.3 is 0 Å². The zero-order chi connectivity index (χ0) is 21.8. The number of hydrogen-bond donors (Lipinski definition) is 1. The van der Waals surface area contributed by atoms with Crippen molar-refractivity contribution in [2.45, 2.75) is 25.9 Å². The lowest BCUT2D eigenvalue weighted by molar-refractivity contribution is -0.118. The van der Waals surface area contributed by atoms with Gasteiger partial charge in [-0.25, -0.2) is 0 Å². The second-order valence-corrected chi connectivity index (χ2v) is 8.19. The van der Waals surface area contributed by atoms with Crippen molar-refractivity contribution in [1.82, 2.24) is 4.90 Å². The van der Waals surface area contributed by atoms with E-state index < -0.39 is 0 Å². The number of anilines is 3. The molecule has 1 saturated heterocycles. The van der Waals surface area contributed by atoms with Crippen molar-refractivity contribution in [3.8, 4) is 5.75 Å². The molecule has 2 aromatic carbocycles. The highest BCUT2D eigenvalue weighted by molar-refractivity contribution is 5.96. The Balaban J connectivity index is 1.28. The normalized spacial score (nSPS) is 18.2. The molecule has 164 valence electrons. The van der Waals surface area contributed by atoms with Gasteiger partial charge in [0.05, 0.1) is 18.8 Å². The summed E-state index contributed by atoms with van der Waals surface area (Å²) in [5.41, 5.74) is 2.74. The fraction of sp³-hybridized carbons (Fsp3) is 0.417. The third kappa shape index (κ3) is 4.99. The van der Waals surface area contributed by atoms with Crippen LogP contribution in [-0.2, 0) is 9.59 Å². The van der Waals surface area contributed by atoms with Gasteiger partial charge in [0.25, 0.3) is 0 Å². The van der Waals surface area contributed by atoms with Crippen molar-refractivity contribution < 1.29 is 14.3 Å². The van der Waals surface area contributed by atoms with Crippen LogP contribution in [0.1, 0.15) is 19.8 Å². The van der Waals surface area contributed by atoms with Gasteiger partial charge in [-0.15, -0.1) is 0 Å². The summed E-state index contributed by atoms with van der Waals surface area (Å²) in [5, 5.41) is 2.94. The summed E-state index contributed by atoms with van der Waals surface area (Å²) in [6.07, 6.45) is 1.51. The first-order valence-electron chi connectivity index (χ1n) is 10.9. The van der Waals surface area contributed by atoms with Crippen molar-refractivity contribution in [2.24, 2.45) is 0 Å². The molecule has 0 spiro atoms. The Kier molecular flexibility index (Phi) is 6.42. The van der Waals surface area contributed by atoms with Crippen molar-refractivity contribution in [3.63, 3.8) is 0 Å². The molecule has 0 bridgehead atoms. The fourth-order valence-corrected chi connectivity index (χ4v) is 4.28. The highest BCUT2D eigenvalue weighted by Crippen LogP contribution is 2.32. The van der Waals surface area contributed by atoms with Gasteiger partial charge in [0.1, 0.15) is 11.9 Å². The average molecular weight is 423 g/mol. The SMILES string of the molecule is CCN1C[C@H](CN(C)CC(=O)Nc2ccc(N3CCCC3=O)cc2)Oc2ccccc21. The number of likely N-dealkylation sites (N-methyl/N-ethyl adjacent to an activating group) is 2. The number of para-hydroxylation sites is 2. The molecule has 1 N–H and O–H groups in total. The summed E-state index contributed by atoms with van der Waals surface area (Å²) in [6.45, 7) is 5.56. The number of hydrogen-bond acceptors (Lipinski definition) is 5. The number of ether oxygens (including phenoxy) is 1. The van der Waals surface area contributed by atoms with Crippen LogP contribution in [0.2, 0.25) is 0 Å². The predicted molar refractivity (Wildman–Crippen MR) is 123 cm³/mol. The minimum Gasteiger partial charge on any atom is -0.485 e. The predicted octanol–water partition coefficient (Wildman–Crippen LogP) is 2.97. The number of carbonyl (C=O) groups excluding carboxylic acids is 2. The standard InChI is InChI=1S/C24H30N4O3/c1-3-27-16-20(31-22-8-5-4-7-21(22)27)15-26(2)17-23(29)25-18-10-12-19(13-11-18)28-14-6-9-24(28)30/h4-5,7-8,10-13,20H,3,6,9,14-17H2,1-2H3,(H,25,29)/t20-/m0/s1. The zero-order valence-corrected chi connectivity index (χ0v) is 18.2. The van der Waals surface area contributed by atoms with Crippen molar-refractivity contribution in [1.29, 1.82) is 0 Å². The molecule has 0 aromatic heterocycles. The summed E-state index contributed by atoms with van der Waals surface area (Å²) in [4.78, 5) is 30.5. The molecule has 0 aliphatic carbocycles. The Morgan fingerprint density at radius 2 is 1.97 bits per heavy atom. The summed E-state index contributed by atoms with van der Waals surface area (Å²) >= 11 is 0. The maximum absolute atomic E-state index is 12.5. The van der Waals surface area contributed by atoms with E-state index in [0.717, 1.165) is 48.9 Å². The minimum absolute atomic E-state index is 0.00457. The third-order valence-corrected chi connectivity index (χ3v) is 5.77. The maximum atomic E-state index is 12.5. The molecule has 1 fully saturated rings. The van der Waals surface area contributed by atoms with E-state index in [-0.39, 0.29) is 24.5 Å². The van der Waals surface area contributed by atoms with Gasteiger partial charge in [0, 0.05) is 37.4 Å². The van der Waals surface area contributed by atoms with E-state index in [9.17, 15) is 9.59 Å². The lowest BCUT2D eigenvalue weighted by atomic mass is 10.2. The molecular formula is C24H30N4O3. The summed E-state index contributed by atoms with van der Waals surface area (Å²) in [7, 11) is 1.93.